The first kappa shape index (κ1) is 24.4. The van der Waals surface area contributed by atoms with Gasteiger partial charge in [0.05, 0.1) is 16.8 Å². The summed E-state index contributed by atoms with van der Waals surface area (Å²) in [5, 5.41) is -0.0796. The van der Waals surface area contributed by atoms with E-state index < -0.39 is 26.3 Å². The quantitative estimate of drug-likeness (QED) is 0.432. The summed E-state index contributed by atoms with van der Waals surface area (Å²) >= 11 is 1.12. The number of fused-ring (bicyclic) bond motifs is 1. The Balaban J connectivity index is 2.02. The largest absolute Gasteiger partial charge is 0.341 e. The second-order valence-corrected chi connectivity index (χ2v) is 12.3. The molecule has 1 aliphatic rings. The van der Waals surface area contributed by atoms with Crippen LogP contribution in [0.15, 0.2) is 14.6 Å². The van der Waals surface area contributed by atoms with Crippen molar-refractivity contribution in [2.75, 3.05) is 18.6 Å². The van der Waals surface area contributed by atoms with Gasteiger partial charge in [0.1, 0.15) is 16.2 Å². The maximum absolute atomic E-state index is 13.0. The monoisotopic (exact) mass is 483 g/mol. The minimum absolute atomic E-state index is 0.0375. The lowest BCUT2D eigenvalue weighted by atomic mass is 10.2. The second-order valence-electron chi connectivity index (χ2n) is 8.69. The molecular weight excluding hydrogens is 454 g/mol. The number of sulfone groups is 1. The first-order valence-electron chi connectivity index (χ1n) is 10.4. The van der Waals surface area contributed by atoms with Crippen molar-refractivity contribution >= 4 is 38.5 Å². The number of carbonyl (C=O) groups excluding carboxylic acids is 1. The molecule has 0 bridgehead atoms. The zero-order valence-electron chi connectivity index (χ0n) is 19.2. The van der Waals surface area contributed by atoms with Crippen molar-refractivity contribution < 1.29 is 13.2 Å². The highest BCUT2D eigenvalue weighted by atomic mass is 32.2. The predicted octanol–water partition coefficient (Wildman–Crippen LogP) is 0.581. The summed E-state index contributed by atoms with van der Waals surface area (Å²) in [6.07, 6.45) is 0.416. The molecule has 2 atom stereocenters. The van der Waals surface area contributed by atoms with Crippen LogP contribution in [0.1, 0.15) is 33.0 Å². The van der Waals surface area contributed by atoms with Gasteiger partial charge in [-0.3, -0.25) is 18.7 Å². The van der Waals surface area contributed by atoms with E-state index in [0.29, 0.717) is 23.8 Å². The van der Waals surface area contributed by atoms with E-state index in [0.717, 1.165) is 16.3 Å². The van der Waals surface area contributed by atoms with E-state index >= 15 is 0 Å². The van der Waals surface area contributed by atoms with Gasteiger partial charge in [0, 0.05) is 26.7 Å². The second kappa shape index (κ2) is 8.97. The lowest BCUT2D eigenvalue weighted by molar-refractivity contribution is -0.130. The molecule has 0 saturated carbocycles. The van der Waals surface area contributed by atoms with Crippen molar-refractivity contribution in [2.45, 2.75) is 57.0 Å². The maximum atomic E-state index is 13.0. The average Bonchev–Trinajstić information content (AvgIpc) is 3.07. The number of nitrogens with zero attached hydrogens (tertiary/aromatic N) is 5. The number of hydrogen-bond acceptors (Lipinski definition) is 8. The van der Waals surface area contributed by atoms with Gasteiger partial charge in [0.2, 0.25) is 5.91 Å². The number of amides is 1. The third kappa shape index (κ3) is 4.75. The average molecular weight is 484 g/mol. The Kier molecular flexibility index (Phi) is 6.85. The topological polar surface area (TPSA) is 124 Å². The third-order valence-corrected chi connectivity index (χ3v) is 8.37. The molecule has 1 aliphatic heterocycles. The van der Waals surface area contributed by atoms with Crippen LogP contribution in [0.25, 0.3) is 11.0 Å². The summed E-state index contributed by atoms with van der Waals surface area (Å²) in [6.45, 7) is 7.69. The van der Waals surface area contributed by atoms with Crippen LogP contribution in [0.4, 0.5) is 0 Å². The van der Waals surface area contributed by atoms with E-state index in [4.69, 9.17) is 0 Å². The third-order valence-electron chi connectivity index (χ3n) is 5.55. The standard InChI is InChI=1S/C20H29N5O5S2/c1-11(2)9-25-16-15(19(27)24(6)20(25)28)17(22-13(4)21-16)31-12(3)18(26)23(5)14-7-8-32(29,30)10-14/h11-12,14H,7-10H2,1-6H3/t12-,14+/m0/s1. The van der Waals surface area contributed by atoms with Crippen molar-refractivity contribution in [3.05, 3.63) is 26.7 Å². The van der Waals surface area contributed by atoms with E-state index in [1.165, 1.54) is 16.5 Å². The number of carbonyl (C=O) groups is 1. The summed E-state index contributed by atoms with van der Waals surface area (Å²) in [4.78, 5) is 49.0. The highest BCUT2D eigenvalue weighted by Crippen LogP contribution is 2.28. The Hall–Kier alpha value is -2.21. The Labute approximate surface area is 191 Å². The van der Waals surface area contributed by atoms with Crippen molar-refractivity contribution in [1.29, 1.82) is 0 Å². The van der Waals surface area contributed by atoms with Crippen molar-refractivity contribution in [1.82, 2.24) is 24.0 Å². The molecule has 1 saturated heterocycles. The summed E-state index contributed by atoms with van der Waals surface area (Å²) in [5.41, 5.74) is -0.698. The Morgan fingerprint density at radius 3 is 2.47 bits per heavy atom. The van der Waals surface area contributed by atoms with Gasteiger partial charge in [0.15, 0.2) is 15.5 Å². The Bertz CT molecular complexity index is 1280. The molecule has 0 radical (unpaired) electrons. The Morgan fingerprint density at radius 2 is 1.91 bits per heavy atom. The van der Waals surface area contributed by atoms with Gasteiger partial charge in [-0.2, -0.15) is 0 Å². The summed E-state index contributed by atoms with van der Waals surface area (Å²) in [5.74, 6) is 0.339. The van der Waals surface area contributed by atoms with Gasteiger partial charge < -0.3 is 4.90 Å². The van der Waals surface area contributed by atoms with E-state index in [1.54, 1.807) is 20.9 Å². The fourth-order valence-corrected chi connectivity index (χ4v) is 6.68. The van der Waals surface area contributed by atoms with Crippen molar-refractivity contribution in [2.24, 2.45) is 13.0 Å². The molecule has 0 N–H and O–H groups in total. The van der Waals surface area contributed by atoms with Crippen LogP contribution >= 0.6 is 11.8 Å². The lowest BCUT2D eigenvalue weighted by Crippen LogP contribution is -2.42. The molecule has 12 heteroatoms. The zero-order valence-corrected chi connectivity index (χ0v) is 20.8. The van der Waals surface area contributed by atoms with Gasteiger partial charge in [-0.15, -0.1) is 0 Å². The van der Waals surface area contributed by atoms with E-state index in [2.05, 4.69) is 9.97 Å². The fourth-order valence-electron chi connectivity index (χ4n) is 3.82. The number of rotatable bonds is 6. The van der Waals surface area contributed by atoms with Crippen LogP contribution < -0.4 is 11.2 Å². The van der Waals surface area contributed by atoms with Crippen molar-refractivity contribution in [3.63, 3.8) is 0 Å². The molecule has 1 fully saturated rings. The molecule has 3 rings (SSSR count). The normalized spacial score (nSPS) is 18.9. The zero-order chi connectivity index (χ0) is 24.0. The molecule has 10 nitrogen and oxygen atoms in total. The molecule has 2 aromatic rings. The number of aryl methyl sites for hydroxylation is 1. The van der Waals surface area contributed by atoms with Gasteiger partial charge in [0.25, 0.3) is 5.56 Å². The Morgan fingerprint density at radius 1 is 1.25 bits per heavy atom. The van der Waals surface area contributed by atoms with Gasteiger partial charge in [-0.25, -0.2) is 23.2 Å². The first-order chi connectivity index (χ1) is 14.8. The number of thioether (sulfide) groups is 1. The van der Waals surface area contributed by atoms with Crippen LogP contribution in [-0.2, 0) is 28.2 Å². The minimum atomic E-state index is -3.12. The van der Waals surface area contributed by atoms with Crippen LogP contribution in [0.5, 0.6) is 0 Å². The van der Waals surface area contributed by atoms with E-state index in [1.807, 2.05) is 13.8 Å². The van der Waals surface area contributed by atoms with E-state index in [-0.39, 0.29) is 40.4 Å². The predicted molar refractivity (Wildman–Crippen MR) is 124 cm³/mol. The molecule has 0 unspecified atom stereocenters. The highest BCUT2D eigenvalue weighted by molar-refractivity contribution is 8.00. The molecular formula is C20H29N5O5S2. The molecule has 3 heterocycles. The smallest absolute Gasteiger partial charge is 0.332 e. The fraction of sp³-hybridized carbons (Fsp3) is 0.650. The van der Waals surface area contributed by atoms with E-state index in [9.17, 15) is 22.8 Å². The van der Waals surface area contributed by atoms with Crippen LogP contribution in [0.3, 0.4) is 0 Å². The summed E-state index contributed by atoms with van der Waals surface area (Å²) in [6, 6.07) is -0.358. The molecule has 0 spiro atoms. The van der Waals surface area contributed by atoms with Crippen molar-refractivity contribution in [3.8, 4) is 0 Å². The molecule has 0 aromatic carbocycles. The molecule has 176 valence electrons. The summed E-state index contributed by atoms with van der Waals surface area (Å²) in [7, 11) is -0.101. The lowest BCUT2D eigenvalue weighted by Gasteiger charge is -2.26. The first-order valence-corrected chi connectivity index (χ1v) is 13.1. The number of aromatic nitrogens is 4. The summed E-state index contributed by atoms with van der Waals surface area (Å²) < 4.78 is 26.1. The van der Waals surface area contributed by atoms with Gasteiger partial charge in [-0.05, 0) is 26.2 Å². The SMILES string of the molecule is Cc1nc(S[C@@H](C)C(=O)N(C)[C@@H]2CCS(=O)(=O)C2)c2c(=O)n(C)c(=O)n(CC(C)C)c2n1. The highest BCUT2D eigenvalue weighted by Gasteiger charge is 2.34. The van der Waals surface area contributed by atoms with Gasteiger partial charge >= 0.3 is 5.69 Å². The molecule has 0 aliphatic carbocycles. The molecule has 32 heavy (non-hydrogen) atoms. The molecule has 2 aromatic heterocycles. The van der Waals surface area contributed by atoms with Gasteiger partial charge in [-0.1, -0.05) is 25.6 Å². The minimum Gasteiger partial charge on any atom is -0.341 e. The van der Waals surface area contributed by atoms with Crippen LogP contribution in [-0.4, -0.2) is 68.2 Å². The maximum Gasteiger partial charge on any atom is 0.332 e. The number of hydrogen-bond donors (Lipinski definition) is 0. The van der Waals surface area contributed by atoms with Crippen LogP contribution in [0, 0.1) is 12.8 Å². The molecule has 1 amide bonds. The van der Waals surface area contributed by atoms with Crippen LogP contribution in [0.2, 0.25) is 0 Å².